The Bertz CT molecular complexity index is 1240. The molecule has 1 aliphatic heterocycles. The zero-order chi connectivity index (χ0) is 22.7. The van der Waals surface area contributed by atoms with Crippen LogP contribution in [0.5, 0.6) is 0 Å². The van der Waals surface area contributed by atoms with Crippen molar-refractivity contribution in [2.45, 2.75) is 63.2 Å². The van der Waals surface area contributed by atoms with Crippen molar-refractivity contribution in [3.8, 4) is 0 Å². The molecule has 4 atom stereocenters. The van der Waals surface area contributed by atoms with E-state index in [4.69, 9.17) is 0 Å². The molecule has 3 aromatic rings. The molecule has 174 valence electrons. The van der Waals surface area contributed by atoms with E-state index in [2.05, 4.69) is 24.9 Å². The topological polar surface area (TPSA) is 108 Å². The Hall–Kier alpha value is -2.25. The lowest BCUT2D eigenvalue weighted by Crippen LogP contribution is -2.51. The summed E-state index contributed by atoms with van der Waals surface area (Å²) in [6.45, 7) is 1.89. The molecule has 1 aliphatic carbocycles. The maximum Gasteiger partial charge on any atom is 0.405 e. The Morgan fingerprint density at radius 2 is 2.09 bits per heavy atom. The molecule has 0 radical (unpaired) electrons. The fourth-order valence-electron chi connectivity index (χ4n) is 5.26. The quantitative estimate of drug-likeness (QED) is 0.595. The van der Waals surface area contributed by atoms with Gasteiger partial charge in [0.15, 0.2) is 11.3 Å². The fourth-order valence-corrected chi connectivity index (χ4v) is 6.94. The van der Waals surface area contributed by atoms with Crippen LogP contribution in [0.1, 0.15) is 50.8 Å². The zero-order valence-corrected chi connectivity index (χ0v) is 18.2. The van der Waals surface area contributed by atoms with E-state index in [1.54, 1.807) is 12.4 Å². The molecule has 32 heavy (non-hydrogen) atoms. The highest BCUT2D eigenvalue weighted by Gasteiger charge is 2.51. The van der Waals surface area contributed by atoms with Crippen LogP contribution in [0.2, 0.25) is 0 Å². The third-order valence-electron chi connectivity index (χ3n) is 6.72. The molecule has 5 rings (SSSR count). The summed E-state index contributed by atoms with van der Waals surface area (Å²) in [7, 11) is -4.26. The molecule has 2 aliphatic rings. The molecule has 0 aromatic carbocycles. The summed E-state index contributed by atoms with van der Waals surface area (Å²) < 4.78 is 70.7. The number of nitrogens with one attached hydrogen (secondary N) is 2. The van der Waals surface area contributed by atoms with E-state index in [0.717, 1.165) is 17.8 Å². The first-order valence-electron chi connectivity index (χ1n) is 10.7. The standard InChI is InChI=1S/C19H24F3N7O2S/c1-2-11-8-12(27-32(30,31)28-7-3-4-15(28)19(20,21)22)9-13(11)18-26-25-16-10-24-17-14(29(16)18)5-6-23-17/h5-6,10-13,15,23,27H,2-4,7-9H2,1H3/t11-,12+,13+,15+/m1/s1. The predicted molar refractivity (Wildman–Crippen MR) is 110 cm³/mol. The van der Waals surface area contributed by atoms with Gasteiger partial charge >= 0.3 is 6.18 Å². The maximum atomic E-state index is 13.3. The second-order valence-corrected chi connectivity index (χ2v) is 10.3. The van der Waals surface area contributed by atoms with Gasteiger partial charge in [-0.15, -0.1) is 10.2 Å². The number of alkyl halides is 3. The van der Waals surface area contributed by atoms with Crippen LogP contribution >= 0.6 is 0 Å². The highest BCUT2D eigenvalue weighted by atomic mass is 32.2. The van der Waals surface area contributed by atoms with Crippen molar-refractivity contribution in [3.63, 3.8) is 0 Å². The first kappa shape index (κ1) is 21.6. The van der Waals surface area contributed by atoms with Crippen molar-refractivity contribution in [1.29, 1.82) is 0 Å². The molecule has 1 saturated carbocycles. The Labute approximate surface area is 182 Å². The smallest absolute Gasteiger partial charge is 0.345 e. The monoisotopic (exact) mass is 471 g/mol. The number of H-pyrrole nitrogens is 1. The van der Waals surface area contributed by atoms with Gasteiger partial charge in [0.05, 0.1) is 11.7 Å². The SMILES string of the molecule is CC[C@@H]1C[C@H](NS(=O)(=O)N2CCC[C@H]2C(F)(F)F)C[C@@H]1c1nnc2cnc3[nH]ccc3n12. The van der Waals surface area contributed by atoms with Crippen LogP contribution in [0.25, 0.3) is 16.8 Å². The highest BCUT2D eigenvalue weighted by molar-refractivity contribution is 7.87. The van der Waals surface area contributed by atoms with Gasteiger partial charge in [0, 0.05) is 24.7 Å². The molecule has 0 unspecified atom stereocenters. The lowest BCUT2D eigenvalue weighted by atomic mass is 9.93. The van der Waals surface area contributed by atoms with E-state index < -0.39 is 28.5 Å². The lowest BCUT2D eigenvalue weighted by molar-refractivity contribution is -0.165. The van der Waals surface area contributed by atoms with Crippen LogP contribution in [0.4, 0.5) is 13.2 Å². The van der Waals surface area contributed by atoms with Gasteiger partial charge < -0.3 is 4.98 Å². The Morgan fingerprint density at radius 3 is 2.84 bits per heavy atom. The van der Waals surface area contributed by atoms with E-state index in [1.165, 1.54) is 0 Å². The van der Waals surface area contributed by atoms with Crippen LogP contribution in [0.3, 0.4) is 0 Å². The number of nitrogens with zero attached hydrogens (tertiary/aromatic N) is 5. The Balaban J connectivity index is 1.41. The van der Waals surface area contributed by atoms with E-state index in [9.17, 15) is 21.6 Å². The van der Waals surface area contributed by atoms with Gasteiger partial charge in [-0.25, -0.2) is 4.98 Å². The Morgan fingerprint density at radius 1 is 1.28 bits per heavy atom. The number of fused-ring (bicyclic) bond motifs is 3. The summed E-state index contributed by atoms with van der Waals surface area (Å²) in [4.78, 5) is 7.37. The van der Waals surface area contributed by atoms with Crippen molar-refractivity contribution in [2.24, 2.45) is 5.92 Å². The molecule has 2 N–H and O–H groups in total. The van der Waals surface area contributed by atoms with E-state index in [-0.39, 0.29) is 31.2 Å². The molecule has 0 amide bonds. The molecule has 4 heterocycles. The van der Waals surface area contributed by atoms with Crippen LogP contribution in [0, 0.1) is 5.92 Å². The summed E-state index contributed by atoms with van der Waals surface area (Å²) in [5.41, 5.74) is 2.11. The number of aromatic amines is 1. The average molecular weight is 472 g/mol. The number of rotatable bonds is 5. The van der Waals surface area contributed by atoms with Crippen molar-refractivity contribution in [2.75, 3.05) is 6.54 Å². The fraction of sp³-hybridized carbons (Fsp3) is 0.632. The third-order valence-corrected chi connectivity index (χ3v) is 8.41. The average Bonchev–Trinajstić information content (AvgIpc) is 3.49. The van der Waals surface area contributed by atoms with Gasteiger partial charge in [-0.2, -0.15) is 30.6 Å². The van der Waals surface area contributed by atoms with Crippen LogP contribution < -0.4 is 4.72 Å². The van der Waals surface area contributed by atoms with Crippen molar-refractivity contribution >= 4 is 27.0 Å². The van der Waals surface area contributed by atoms with E-state index >= 15 is 0 Å². The van der Waals surface area contributed by atoms with Gasteiger partial charge in [-0.05, 0) is 37.7 Å². The molecular weight excluding hydrogens is 447 g/mol. The molecular formula is C19H24F3N7O2S. The van der Waals surface area contributed by atoms with Gasteiger partial charge in [0.1, 0.15) is 11.9 Å². The summed E-state index contributed by atoms with van der Waals surface area (Å²) in [6.07, 6.45) is 0.565. The Kier molecular flexibility index (Phi) is 5.17. The zero-order valence-electron chi connectivity index (χ0n) is 17.4. The second-order valence-electron chi connectivity index (χ2n) is 8.60. The molecule has 9 nitrogen and oxygen atoms in total. The summed E-state index contributed by atoms with van der Waals surface area (Å²) in [6, 6.07) is -0.558. The van der Waals surface area contributed by atoms with Crippen LogP contribution in [-0.4, -0.2) is 62.1 Å². The molecule has 2 fully saturated rings. The van der Waals surface area contributed by atoms with Gasteiger partial charge in [-0.3, -0.25) is 4.40 Å². The molecule has 3 aromatic heterocycles. The first-order valence-corrected chi connectivity index (χ1v) is 12.2. The van der Waals surface area contributed by atoms with Gasteiger partial charge in [0.25, 0.3) is 10.2 Å². The van der Waals surface area contributed by atoms with Crippen LogP contribution in [0.15, 0.2) is 18.5 Å². The minimum Gasteiger partial charge on any atom is -0.345 e. The summed E-state index contributed by atoms with van der Waals surface area (Å²) in [5.74, 6) is 0.754. The largest absolute Gasteiger partial charge is 0.405 e. The van der Waals surface area contributed by atoms with Gasteiger partial charge in [-0.1, -0.05) is 13.3 Å². The number of aromatic nitrogens is 5. The summed E-state index contributed by atoms with van der Waals surface area (Å²) >= 11 is 0. The maximum absolute atomic E-state index is 13.3. The minimum absolute atomic E-state index is 0.0832. The highest BCUT2D eigenvalue weighted by Crippen LogP contribution is 2.42. The third kappa shape index (κ3) is 3.55. The first-order chi connectivity index (χ1) is 15.2. The number of halogens is 3. The second kappa shape index (κ2) is 7.66. The molecule has 13 heteroatoms. The number of hydrogen-bond donors (Lipinski definition) is 2. The van der Waals surface area contributed by atoms with Crippen molar-refractivity contribution < 1.29 is 21.6 Å². The van der Waals surface area contributed by atoms with Gasteiger partial charge in [0.2, 0.25) is 0 Å². The molecule has 0 spiro atoms. The molecule has 1 saturated heterocycles. The van der Waals surface area contributed by atoms with E-state index in [0.29, 0.717) is 28.4 Å². The normalized spacial score (nSPS) is 27.8. The lowest BCUT2D eigenvalue weighted by Gasteiger charge is -2.27. The minimum atomic E-state index is -4.58. The predicted octanol–water partition coefficient (Wildman–Crippen LogP) is 2.74. The van der Waals surface area contributed by atoms with Crippen LogP contribution in [-0.2, 0) is 10.2 Å². The van der Waals surface area contributed by atoms with E-state index in [1.807, 2.05) is 17.4 Å². The number of hydrogen-bond acceptors (Lipinski definition) is 5. The summed E-state index contributed by atoms with van der Waals surface area (Å²) in [5, 5.41) is 8.61. The van der Waals surface area contributed by atoms with Crippen molar-refractivity contribution in [1.82, 2.24) is 33.6 Å². The van der Waals surface area contributed by atoms with Crippen molar-refractivity contribution in [3.05, 3.63) is 24.3 Å². The molecule has 0 bridgehead atoms.